The van der Waals surface area contributed by atoms with Crippen LogP contribution in [0.15, 0.2) is 12.1 Å². The molecular weight excluding hydrogens is 236 g/mol. The first-order valence-electron chi connectivity index (χ1n) is 7.31. The molecule has 2 nitrogen and oxygen atoms in total. The van der Waals surface area contributed by atoms with E-state index in [0.717, 1.165) is 18.4 Å². The Morgan fingerprint density at radius 2 is 1.68 bits per heavy atom. The van der Waals surface area contributed by atoms with Gasteiger partial charge in [0.2, 0.25) is 0 Å². The fraction of sp³-hybridized carbons (Fsp3) is 0.588. The summed E-state index contributed by atoms with van der Waals surface area (Å²) in [5.74, 6) is 0.138. The highest BCUT2D eigenvalue weighted by atomic mass is 16.5. The van der Waals surface area contributed by atoms with Gasteiger partial charge in [0, 0.05) is 0 Å². The van der Waals surface area contributed by atoms with Crippen molar-refractivity contribution in [3.05, 3.63) is 34.4 Å². The molecular formula is C17H24O2. The van der Waals surface area contributed by atoms with Crippen molar-refractivity contribution in [2.24, 2.45) is 5.92 Å². The maximum atomic E-state index is 12.0. The smallest absolute Gasteiger partial charge is 0.309 e. The van der Waals surface area contributed by atoms with E-state index in [1.165, 1.54) is 36.0 Å². The van der Waals surface area contributed by atoms with Gasteiger partial charge < -0.3 is 4.74 Å². The summed E-state index contributed by atoms with van der Waals surface area (Å²) in [6.07, 6.45) is 5.61. The fourth-order valence-electron chi connectivity index (χ4n) is 3.04. The van der Waals surface area contributed by atoms with Gasteiger partial charge in [-0.05, 0) is 50.3 Å². The lowest BCUT2D eigenvalue weighted by molar-refractivity contribution is -0.151. The zero-order valence-electron chi connectivity index (χ0n) is 12.3. The lowest BCUT2D eigenvalue weighted by Gasteiger charge is -2.20. The number of hydrogen-bond acceptors (Lipinski definition) is 2. The van der Waals surface area contributed by atoms with Gasteiger partial charge in [-0.1, -0.05) is 37.0 Å². The third-order valence-electron chi connectivity index (χ3n) is 4.14. The van der Waals surface area contributed by atoms with Crippen molar-refractivity contribution in [3.63, 3.8) is 0 Å². The molecule has 0 atom stereocenters. The Balaban J connectivity index is 1.96. The van der Waals surface area contributed by atoms with Crippen molar-refractivity contribution >= 4 is 5.97 Å². The first-order valence-corrected chi connectivity index (χ1v) is 7.31. The molecule has 0 saturated heterocycles. The number of carbonyl (C=O) groups excluding carboxylic acids is 1. The fourth-order valence-corrected chi connectivity index (χ4v) is 3.04. The molecule has 0 unspecified atom stereocenters. The van der Waals surface area contributed by atoms with Crippen LogP contribution in [0.4, 0.5) is 0 Å². The van der Waals surface area contributed by atoms with Crippen molar-refractivity contribution < 1.29 is 9.53 Å². The normalized spacial score (nSPS) is 16.4. The number of rotatable bonds is 3. The Kier molecular flexibility index (Phi) is 4.62. The highest BCUT2D eigenvalue weighted by Crippen LogP contribution is 2.25. The summed E-state index contributed by atoms with van der Waals surface area (Å²) in [4.78, 5) is 12.0. The molecule has 0 aliphatic heterocycles. The molecule has 0 amide bonds. The Hall–Kier alpha value is -1.31. The molecule has 0 spiro atoms. The second-order valence-electron chi connectivity index (χ2n) is 5.82. The molecule has 1 aliphatic carbocycles. The van der Waals surface area contributed by atoms with Crippen LogP contribution in [-0.4, -0.2) is 5.97 Å². The van der Waals surface area contributed by atoms with Gasteiger partial charge in [0.15, 0.2) is 0 Å². The van der Waals surface area contributed by atoms with Crippen LogP contribution in [0.5, 0.6) is 0 Å². The molecule has 19 heavy (non-hydrogen) atoms. The van der Waals surface area contributed by atoms with Crippen LogP contribution in [0.25, 0.3) is 0 Å². The maximum Gasteiger partial charge on any atom is 0.309 e. The van der Waals surface area contributed by atoms with Gasteiger partial charge in [0.25, 0.3) is 0 Å². The summed E-state index contributed by atoms with van der Waals surface area (Å²) >= 11 is 0. The minimum Gasteiger partial charge on any atom is -0.461 e. The molecule has 1 saturated carbocycles. The summed E-state index contributed by atoms with van der Waals surface area (Å²) in [6, 6.07) is 4.30. The van der Waals surface area contributed by atoms with Crippen LogP contribution in [0.1, 0.15) is 54.4 Å². The van der Waals surface area contributed by atoms with E-state index >= 15 is 0 Å². The van der Waals surface area contributed by atoms with Gasteiger partial charge in [0.1, 0.15) is 6.61 Å². The van der Waals surface area contributed by atoms with Gasteiger partial charge in [-0.3, -0.25) is 4.79 Å². The van der Waals surface area contributed by atoms with E-state index in [0.29, 0.717) is 6.61 Å². The summed E-state index contributed by atoms with van der Waals surface area (Å²) in [6.45, 7) is 6.69. The number of esters is 1. The molecule has 2 rings (SSSR count). The molecule has 0 bridgehead atoms. The number of hydrogen-bond donors (Lipinski definition) is 0. The molecule has 1 aromatic carbocycles. The van der Waals surface area contributed by atoms with E-state index < -0.39 is 0 Å². The molecule has 2 heteroatoms. The second kappa shape index (κ2) is 6.23. The average molecular weight is 260 g/mol. The third kappa shape index (κ3) is 3.59. The summed E-state index contributed by atoms with van der Waals surface area (Å²) in [5, 5.41) is 0. The van der Waals surface area contributed by atoms with Crippen molar-refractivity contribution in [2.45, 2.75) is 59.5 Å². The quantitative estimate of drug-likeness (QED) is 0.760. The van der Waals surface area contributed by atoms with Gasteiger partial charge >= 0.3 is 5.97 Å². The maximum absolute atomic E-state index is 12.0. The Bertz CT molecular complexity index is 433. The van der Waals surface area contributed by atoms with E-state index in [4.69, 9.17) is 4.74 Å². The molecule has 1 aliphatic rings. The number of aryl methyl sites for hydroxylation is 3. The van der Waals surface area contributed by atoms with Gasteiger partial charge in [-0.25, -0.2) is 0 Å². The van der Waals surface area contributed by atoms with Gasteiger partial charge in [-0.15, -0.1) is 0 Å². The van der Waals surface area contributed by atoms with Crippen LogP contribution < -0.4 is 0 Å². The first-order chi connectivity index (χ1) is 9.08. The summed E-state index contributed by atoms with van der Waals surface area (Å²) in [5.41, 5.74) is 4.86. The van der Waals surface area contributed by atoms with Crippen LogP contribution in [0.3, 0.4) is 0 Å². The van der Waals surface area contributed by atoms with Crippen molar-refractivity contribution in [1.29, 1.82) is 0 Å². The lowest BCUT2D eigenvalue weighted by atomic mass is 9.89. The van der Waals surface area contributed by atoms with Crippen LogP contribution in [0, 0.1) is 26.7 Å². The highest BCUT2D eigenvalue weighted by Gasteiger charge is 2.22. The van der Waals surface area contributed by atoms with E-state index in [9.17, 15) is 4.79 Å². The minimum absolute atomic E-state index is 0.000856. The Labute approximate surface area is 116 Å². The molecule has 104 valence electrons. The monoisotopic (exact) mass is 260 g/mol. The number of benzene rings is 1. The Morgan fingerprint density at radius 1 is 1.11 bits per heavy atom. The topological polar surface area (TPSA) is 26.3 Å². The van der Waals surface area contributed by atoms with E-state index in [1.807, 2.05) is 0 Å². The zero-order valence-corrected chi connectivity index (χ0v) is 12.3. The molecule has 0 N–H and O–H groups in total. The van der Waals surface area contributed by atoms with Crippen molar-refractivity contribution in [1.82, 2.24) is 0 Å². The average Bonchev–Trinajstić information content (AvgIpc) is 2.38. The highest BCUT2D eigenvalue weighted by molar-refractivity contribution is 5.72. The minimum atomic E-state index is -0.000856. The van der Waals surface area contributed by atoms with Crippen molar-refractivity contribution in [2.75, 3.05) is 0 Å². The predicted octanol–water partition coefficient (Wildman–Crippen LogP) is 4.24. The van der Waals surface area contributed by atoms with Gasteiger partial charge in [0.05, 0.1) is 5.92 Å². The first kappa shape index (κ1) is 14.1. The van der Waals surface area contributed by atoms with Crippen LogP contribution in [0.2, 0.25) is 0 Å². The second-order valence-corrected chi connectivity index (χ2v) is 5.82. The van der Waals surface area contributed by atoms with E-state index in [1.54, 1.807) is 0 Å². The Morgan fingerprint density at radius 3 is 2.26 bits per heavy atom. The number of carbonyl (C=O) groups is 1. The largest absolute Gasteiger partial charge is 0.461 e. The third-order valence-corrected chi connectivity index (χ3v) is 4.14. The van der Waals surface area contributed by atoms with Crippen molar-refractivity contribution in [3.8, 4) is 0 Å². The SMILES string of the molecule is Cc1cc(C)c(COC(=O)C2CCCCC2)c(C)c1. The predicted molar refractivity (Wildman–Crippen MR) is 77.0 cm³/mol. The molecule has 0 aromatic heterocycles. The molecule has 1 aromatic rings. The standard InChI is InChI=1S/C17H24O2/c1-12-9-13(2)16(14(3)10-12)11-19-17(18)15-7-5-4-6-8-15/h9-10,15H,4-8,11H2,1-3H3. The molecule has 0 radical (unpaired) electrons. The van der Waals surface area contributed by atoms with E-state index in [2.05, 4.69) is 32.9 Å². The molecule has 0 heterocycles. The van der Waals surface area contributed by atoms with Crippen LogP contribution in [-0.2, 0) is 16.1 Å². The zero-order chi connectivity index (χ0) is 13.8. The summed E-state index contributed by atoms with van der Waals surface area (Å²) < 4.78 is 5.53. The van der Waals surface area contributed by atoms with Crippen LogP contribution >= 0.6 is 0 Å². The summed E-state index contributed by atoms with van der Waals surface area (Å²) in [7, 11) is 0. The van der Waals surface area contributed by atoms with Gasteiger partial charge in [-0.2, -0.15) is 0 Å². The number of ether oxygens (including phenoxy) is 1. The molecule has 1 fully saturated rings. The lowest BCUT2D eigenvalue weighted by Crippen LogP contribution is -2.20. The van der Waals surface area contributed by atoms with E-state index in [-0.39, 0.29) is 11.9 Å².